The molecule has 0 spiro atoms. The van der Waals surface area contributed by atoms with Crippen LogP contribution in [-0.4, -0.2) is 48.7 Å². The summed E-state index contributed by atoms with van der Waals surface area (Å²) < 4.78 is 5.85. The molecule has 0 aromatic heterocycles. The van der Waals surface area contributed by atoms with Gasteiger partial charge in [0.1, 0.15) is 6.61 Å². The van der Waals surface area contributed by atoms with E-state index in [0.29, 0.717) is 19.7 Å². The van der Waals surface area contributed by atoms with Gasteiger partial charge in [0.05, 0.1) is 0 Å². The van der Waals surface area contributed by atoms with Crippen molar-refractivity contribution in [2.24, 2.45) is 0 Å². The predicted octanol–water partition coefficient (Wildman–Crippen LogP) is 5.64. The van der Waals surface area contributed by atoms with Gasteiger partial charge in [0.25, 0.3) is 0 Å². The molecule has 4 nitrogen and oxygen atoms in total. The number of nitrogens with zero attached hydrogens (tertiary/aromatic N) is 2. The SMILES string of the molecule is C#Cc1c(C)c(S)cc(CN2CCN(C(=O)OCC3c4ccccc4-c4ccccc43)CC2)c1C. The Morgan fingerprint density at radius 2 is 1.60 bits per heavy atom. The lowest BCUT2D eigenvalue weighted by atomic mass is 9.97. The summed E-state index contributed by atoms with van der Waals surface area (Å²) in [5.41, 5.74) is 9.26. The number of ether oxygens (including phenoxy) is 1. The number of terminal acetylenes is 1. The van der Waals surface area contributed by atoms with Crippen LogP contribution in [0.3, 0.4) is 0 Å². The predicted molar refractivity (Wildman–Crippen MR) is 143 cm³/mol. The van der Waals surface area contributed by atoms with Gasteiger partial charge in [-0.3, -0.25) is 4.90 Å². The second-order valence-corrected chi connectivity index (χ2v) is 9.87. The Hall–Kier alpha value is -3.20. The van der Waals surface area contributed by atoms with E-state index in [0.717, 1.165) is 41.2 Å². The Morgan fingerprint density at radius 1 is 1.00 bits per heavy atom. The van der Waals surface area contributed by atoms with Crippen molar-refractivity contribution >= 4 is 18.7 Å². The minimum atomic E-state index is -0.231. The molecule has 0 N–H and O–H groups in total. The zero-order valence-electron chi connectivity index (χ0n) is 20.3. The number of thiol groups is 1. The fraction of sp³-hybridized carbons (Fsp3) is 0.300. The van der Waals surface area contributed by atoms with E-state index in [1.165, 1.54) is 27.8 Å². The number of rotatable bonds is 4. The standard InChI is InChI=1S/C30H30N2O2S/c1-4-23-20(2)22(17-29(35)21(23)3)18-31-13-15-32(16-14-31)30(33)34-19-28-26-11-7-5-9-24(26)25-10-6-8-12-27(25)28/h1,5-12,17,28,35H,13-16,18-19H2,2-3H3. The van der Waals surface area contributed by atoms with E-state index >= 15 is 0 Å². The molecule has 1 heterocycles. The van der Waals surface area contributed by atoms with E-state index in [9.17, 15) is 4.79 Å². The van der Waals surface area contributed by atoms with Gasteiger partial charge in [-0.15, -0.1) is 19.1 Å². The summed E-state index contributed by atoms with van der Waals surface area (Å²) in [6.07, 6.45) is 5.51. The van der Waals surface area contributed by atoms with Crippen LogP contribution in [0, 0.1) is 26.2 Å². The molecule has 0 unspecified atom stereocenters. The van der Waals surface area contributed by atoms with Gasteiger partial charge in [-0.25, -0.2) is 4.79 Å². The number of carbonyl (C=O) groups excluding carboxylic acids is 1. The summed E-state index contributed by atoms with van der Waals surface area (Å²) >= 11 is 4.61. The molecule has 3 aromatic carbocycles. The van der Waals surface area contributed by atoms with Crippen LogP contribution in [0.4, 0.5) is 4.79 Å². The molecule has 0 saturated carbocycles. The lowest BCUT2D eigenvalue weighted by Gasteiger charge is -2.34. The van der Waals surface area contributed by atoms with Crippen LogP contribution in [0.5, 0.6) is 0 Å². The number of hydrogen-bond acceptors (Lipinski definition) is 4. The normalized spacial score (nSPS) is 15.4. The molecule has 1 aliphatic carbocycles. The van der Waals surface area contributed by atoms with Crippen molar-refractivity contribution in [2.45, 2.75) is 31.2 Å². The van der Waals surface area contributed by atoms with Gasteiger partial charge in [0.2, 0.25) is 0 Å². The van der Waals surface area contributed by atoms with E-state index in [1.54, 1.807) is 0 Å². The largest absolute Gasteiger partial charge is 0.448 e. The fourth-order valence-electron chi connectivity index (χ4n) is 5.35. The van der Waals surface area contributed by atoms with Crippen LogP contribution < -0.4 is 0 Å². The summed E-state index contributed by atoms with van der Waals surface area (Å²) in [6, 6.07) is 18.9. The monoisotopic (exact) mass is 482 g/mol. The average Bonchev–Trinajstić information content (AvgIpc) is 3.20. The lowest BCUT2D eigenvalue weighted by Crippen LogP contribution is -2.48. The van der Waals surface area contributed by atoms with Gasteiger partial charge >= 0.3 is 6.09 Å². The number of carbonyl (C=O) groups is 1. The molecule has 1 saturated heterocycles. The van der Waals surface area contributed by atoms with Gasteiger partial charge in [0, 0.05) is 49.1 Å². The smallest absolute Gasteiger partial charge is 0.409 e. The number of benzene rings is 3. The Labute approximate surface area is 213 Å². The molecule has 0 radical (unpaired) electrons. The first kappa shape index (κ1) is 23.5. The van der Waals surface area contributed by atoms with Crippen molar-refractivity contribution in [1.29, 1.82) is 0 Å². The Balaban J connectivity index is 1.19. The number of amides is 1. The van der Waals surface area contributed by atoms with Crippen LogP contribution in [0.1, 0.15) is 39.3 Å². The summed E-state index contributed by atoms with van der Waals surface area (Å²) in [4.78, 5) is 18.0. The Bertz CT molecular complexity index is 1270. The van der Waals surface area contributed by atoms with Crippen LogP contribution in [0.2, 0.25) is 0 Å². The second kappa shape index (κ2) is 9.81. The molecule has 1 aliphatic heterocycles. The number of fused-ring (bicyclic) bond motifs is 3. The molecule has 35 heavy (non-hydrogen) atoms. The van der Waals surface area contributed by atoms with Crippen LogP contribution >= 0.6 is 12.6 Å². The van der Waals surface area contributed by atoms with Gasteiger partial charge < -0.3 is 9.64 Å². The molecule has 1 fully saturated rings. The van der Waals surface area contributed by atoms with Gasteiger partial charge in [-0.2, -0.15) is 0 Å². The third kappa shape index (κ3) is 4.45. The number of piperazine rings is 1. The summed E-state index contributed by atoms with van der Waals surface area (Å²) in [5, 5.41) is 0. The summed E-state index contributed by atoms with van der Waals surface area (Å²) in [5.74, 6) is 2.90. The third-order valence-corrected chi connectivity index (χ3v) is 7.90. The van der Waals surface area contributed by atoms with Crippen molar-refractivity contribution in [3.05, 3.63) is 88.0 Å². The second-order valence-electron chi connectivity index (χ2n) is 9.39. The molecule has 1 amide bonds. The highest BCUT2D eigenvalue weighted by Gasteiger charge is 2.30. The molecule has 178 valence electrons. The van der Waals surface area contributed by atoms with E-state index in [-0.39, 0.29) is 12.0 Å². The van der Waals surface area contributed by atoms with Crippen LogP contribution in [0.25, 0.3) is 11.1 Å². The molecule has 5 heteroatoms. The Kier molecular flexibility index (Phi) is 6.60. The minimum Gasteiger partial charge on any atom is -0.448 e. The third-order valence-electron chi connectivity index (χ3n) is 7.43. The van der Waals surface area contributed by atoms with E-state index in [2.05, 4.69) is 85.0 Å². The first-order chi connectivity index (χ1) is 17.0. The molecule has 5 rings (SSSR count). The molecule has 0 atom stereocenters. The maximum atomic E-state index is 12.9. The molecule has 0 bridgehead atoms. The topological polar surface area (TPSA) is 32.8 Å². The lowest BCUT2D eigenvalue weighted by molar-refractivity contribution is 0.0728. The fourth-order valence-corrected chi connectivity index (χ4v) is 5.61. The van der Waals surface area contributed by atoms with Crippen LogP contribution in [0.15, 0.2) is 59.5 Å². The highest BCUT2D eigenvalue weighted by molar-refractivity contribution is 7.80. The maximum absolute atomic E-state index is 12.9. The van der Waals surface area contributed by atoms with Crippen molar-refractivity contribution in [3.8, 4) is 23.5 Å². The van der Waals surface area contributed by atoms with Crippen molar-refractivity contribution in [3.63, 3.8) is 0 Å². The maximum Gasteiger partial charge on any atom is 0.409 e. The van der Waals surface area contributed by atoms with Crippen molar-refractivity contribution in [1.82, 2.24) is 9.80 Å². The first-order valence-electron chi connectivity index (χ1n) is 12.1. The highest BCUT2D eigenvalue weighted by atomic mass is 32.1. The molecular formula is C30H30N2O2S. The van der Waals surface area contributed by atoms with Crippen LogP contribution in [-0.2, 0) is 11.3 Å². The minimum absolute atomic E-state index is 0.0814. The Morgan fingerprint density at radius 3 is 2.20 bits per heavy atom. The average molecular weight is 483 g/mol. The number of hydrogen-bond donors (Lipinski definition) is 1. The summed E-state index contributed by atoms with van der Waals surface area (Å²) in [7, 11) is 0. The van der Waals surface area contributed by atoms with Gasteiger partial charge in [-0.05, 0) is 58.9 Å². The zero-order chi connectivity index (χ0) is 24.5. The van der Waals surface area contributed by atoms with Crippen molar-refractivity contribution in [2.75, 3.05) is 32.8 Å². The van der Waals surface area contributed by atoms with E-state index in [1.807, 2.05) is 11.8 Å². The molecule has 2 aliphatic rings. The van der Waals surface area contributed by atoms with E-state index < -0.39 is 0 Å². The van der Waals surface area contributed by atoms with Gasteiger partial charge in [0.15, 0.2) is 0 Å². The first-order valence-corrected chi connectivity index (χ1v) is 12.5. The highest BCUT2D eigenvalue weighted by Crippen LogP contribution is 2.44. The van der Waals surface area contributed by atoms with E-state index in [4.69, 9.17) is 11.2 Å². The summed E-state index contributed by atoms with van der Waals surface area (Å²) in [6.45, 7) is 8.14. The van der Waals surface area contributed by atoms with Crippen molar-refractivity contribution < 1.29 is 9.53 Å². The van der Waals surface area contributed by atoms with Gasteiger partial charge in [-0.1, -0.05) is 54.5 Å². The molecular weight excluding hydrogens is 452 g/mol. The quantitative estimate of drug-likeness (QED) is 0.386. The zero-order valence-corrected chi connectivity index (χ0v) is 21.1. The molecule has 3 aromatic rings.